The number of likely N-dealkylation sites (tertiary alicyclic amines) is 1. The van der Waals surface area contributed by atoms with E-state index >= 15 is 0 Å². The number of carboxylic acid groups (broad SMARTS) is 1. The maximum atomic E-state index is 10.4. The standard InChI is InChI=1S/C16H23NO4/c1-2-16(20)8-3-9-17(12-16)10-13-4-6-14(7-5-13)21-11-15(18)19/h4-7,20H,2-3,8-12H2,1H3,(H,18,19)/t16-/m1/s1. The summed E-state index contributed by atoms with van der Waals surface area (Å²) in [6.45, 7) is 4.20. The number of piperidine rings is 1. The van der Waals surface area contributed by atoms with Gasteiger partial charge in [0.15, 0.2) is 6.61 Å². The fraction of sp³-hybridized carbons (Fsp3) is 0.562. The topological polar surface area (TPSA) is 70.0 Å². The van der Waals surface area contributed by atoms with Gasteiger partial charge in [0.1, 0.15) is 5.75 Å². The van der Waals surface area contributed by atoms with E-state index < -0.39 is 11.6 Å². The normalized spacial score (nSPS) is 23.0. The maximum Gasteiger partial charge on any atom is 0.341 e. The highest BCUT2D eigenvalue weighted by molar-refractivity contribution is 5.68. The molecule has 5 heteroatoms. The first-order valence-corrected chi connectivity index (χ1v) is 7.39. The number of carboxylic acids is 1. The van der Waals surface area contributed by atoms with Gasteiger partial charge in [-0.3, -0.25) is 4.90 Å². The lowest BCUT2D eigenvalue weighted by atomic mass is 9.90. The molecule has 2 rings (SSSR count). The second-order valence-electron chi connectivity index (χ2n) is 5.72. The van der Waals surface area contributed by atoms with E-state index in [2.05, 4.69) is 4.90 Å². The zero-order valence-electron chi connectivity index (χ0n) is 12.4. The van der Waals surface area contributed by atoms with Crippen molar-refractivity contribution in [2.45, 2.75) is 38.3 Å². The van der Waals surface area contributed by atoms with Crippen LogP contribution >= 0.6 is 0 Å². The number of ether oxygens (including phenoxy) is 1. The number of β-amino-alcohol motifs (C(OH)–C–C–N with tert-alkyl or cyclic N) is 1. The summed E-state index contributed by atoms with van der Waals surface area (Å²) >= 11 is 0. The molecule has 0 bridgehead atoms. The molecule has 1 saturated heterocycles. The number of aliphatic hydroxyl groups is 1. The second kappa shape index (κ2) is 6.91. The van der Waals surface area contributed by atoms with Crippen LogP contribution < -0.4 is 4.74 Å². The molecule has 1 aliphatic heterocycles. The molecule has 21 heavy (non-hydrogen) atoms. The van der Waals surface area contributed by atoms with Crippen molar-refractivity contribution in [3.05, 3.63) is 29.8 Å². The van der Waals surface area contributed by atoms with Crippen molar-refractivity contribution in [3.63, 3.8) is 0 Å². The van der Waals surface area contributed by atoms with Gasteiger partial charge in [0.2, 0.25) is 0 Å². The Morgan fingerprint density at radius 2 is 2.10 bits per heavy atom. The minimum Gasteiger partial charge on any atom is -0.482 e. The van der Waals surface area contributed by atoms with Gasteiger partial charge in [-0.25, -0.2) is 4.79 Å². The van der Waals surface area contributed by atoms with Crippen LogP contribution in [0.1, 0.15) is 31.7 Å². The van der Waals surface area contributed by atoms with Crippen LogP contribution in [0.5, 0.6) is 5.75 Å². The van der Waals surface area contributed by atoms with Gasteiger partial charge in [-0.1, -0.05) is 19.1 Å². The van der Waals surface area contributed by atoms with Crippen LogP contribution in [0.25, 0.3) is 0 Å². The number of carbonyl (C=O) groups is 1. The second-order valence-corrected chi connectivity index (χ2v) is 5.72. The van der Waals surface area contributed by atoms with Gasteiger partial charge in [0.25, 0.3) is 0 Å². The van der Waals surface area contributed by atoms with Crippen molar-refractivity contribution in [3.8, 4) is 5.75 Å². The monoisotopic (exact) mass is 293 g/mol. The smallest absolute Gasteiger partial charge is 0.341 e. The van der Waals surface area contributed by atoms with E-state index in [1.807, 2.05) is 19.1 Å². The lowest BCUT2D eigenvalue weighted by Gasteiger charge is -2.38. The largest absolute Gasteiger partial charge is 0.482 e. The average Bonchev–Trinajstić information content (AvgIpc) is 2.47. The fourth-order valence-electron chi connectivity index (χ4n) is 2.72. The molecule has 1 aromatic carbocycles. The molecule has 5 nitrogen and oxygen atoms in total. The van der Waals surface area contributed by atoms with Crippen molar-refractivity contribution >= 4 is 5.97 Å². The molecular formula is C16H23NO4. The summed E-state index contributed by atoms with van der Waals surface area (Å²) in [5.41, 5.74) is 0.584. The highest BCUT2D eigenvalue weighted by Crippen LogP contribution is 2.25. The number of hydrogen-bond acceptors (Lipinski definition) is 4. The van der Waals surface area contributed by atoms with E-state index in [4.69, 9.17) is 9.84 Å². The molecule has 1 atom stereocenters. The minimum absolute atomic E-state index is 0.324. The van der Waals surface area contributed by atoms with Crippen LogP contribution in [0, 0.1) is 0 Å². The van der Waals surface area contributed by atoms with E-state index in [9.17, 15) is 9.90 Å². The van der Waals surface area contributed by atoms with Crippen LogP contribution in [0.2, 0.25) is 0 Å². The van der Waals surface area contributed by atoms with Crippen LogP contribution in [0.3, 0.4) is 0 Å². The Morgan fingerprint density at radius 1 is 1.38 bits per heavy atom. The number of nitrogens with zero attached hydrogens (tertiary/aromatic N) is 1. The SMILES string of the molecule is CC[C@@]1(O)CCCN(Cc2ccc(OCC(=O)O)cc2)C1. The number of rotatable bonds is 6. The Morgan fingerprint density at radius 3 is 2.71 bits per heavy atom. The van der Waals surface area contributed by atoms with E-state index in [1.165, 1.54) is 0 Å². The molecule has 116 valence electrons. The van der Waals surface area contributed by atoms with E-state index in [0.717, 1.165) is 37.9 Å². The molecule has 0 amide bonds. The molecule has 0 aliphatic carbocycles. The molecule has 1 aliphatic rings. The summed E-state index contributed by atoms with van der Waals surface area (Å²) < 4.78 is 5.11. The number of hydrogen-bond donors (Lipinski definition) is 2. The van der Waals surface area contributed by atoms with Crippen molar-refractivity contribution in [2.24, 2.45) is 0 Å². The summed E-state index contributed by atoms with van der Waals surface area (Å²) in [4.78, 5) is 12.7. The third-order valence-corrected chi connectivity index (χ3v) is 3.98. The van der Waals surface area contributed by atoms with Crippen molar-refractivity contribution < 1.29 is 19.7 Å². The molecule has 0 saturated carbocycles. The van der Waals surface area contributed by atoms with Crippen molar-refractivity contribution in [1.29, 1.82) is 0 Å². The molecule has 1 aromatic rings. The van der Waals surface area contributed by atoms with E-state index in [1.54, 1.807) is 12.1 Å². The third kappa shape index (κ3) is 4.72. The van der Waals surface area contributed by atoms with Crippen molar-refractivity contribution in [2.75, 3.05) is 19.7 Å². The maximum absolute atomic E-state index is 10.4. The molecule has 2 N–H and O–H groups in total. The average molecular weight is 293 g/mol. The summed E-state index contributed by atoms with van der Waals surface area (Å²) in [5.74, 6) is -0.420. The fourth-order valence-corrected chi connectivity index (χ4v) is 2.72. The first-order chi connectivity index (χ1) is 10.0. The third-order valence-electron chi connectivity index (χ3n) is 3.98. The van der Waals surface area contributed by atoms with E-state index in [0.29, 0.717) is 12.3 Å². The predicted octanol–water partition coefficient (Wildman–Crippen LogP) is 1.89. The lowest BCUT2D eigenvalue weighted by molar-refractivity contribution is -0.139. The number of aliphatic carboxylic acids is 1. The van der Waals surface area contributed by atoms with Crippen LogP contribution in [0.4, 0.5) is 0 Å². The zero-order chi connectivity index (χ0) is 15.3. The highest BCUT2D eigenvalue weighted by Gasteiger charge is 2.31. The van der Waals surface area contributed by atoms with E-state index in [-0.39, 0.29) is 6.61 Å². The van der Waals surface area contributed by atoms with Crippen LogP contribution in [-0.2, 0) is 11.3 Å². The van der Waals surface area contributed by atoms with Crippen molar-refractivity contribution in [1.82, 2.24) is 4.90 Å². The Hall–Kier alpha value is -1.59. The van der Waals surface area contributed by atoms with Gasteiger partial charge < -0.3 is 14.9 Å². The van der Waals surface area contributed by atoms with Crippen LogP contribution in [0.15, 0.2) is 24.3 Å². The molecule has 1 heterocycles. The summed E-state index contributed by atoms with van der Waals surface area (Å²) in [6.07, 6.45) is 2.68. The summed E-state index contributed by atoms with van der Waals surface area (Å²) in [6, 6.07) is 7.45. The molecule has 0 radical (unpaired) electrons. The van der Waals surface area contributed by atoms with Crippen LogP contribution in [-0.4, -0.2) is 46.4 Å². The van der Waals surface area contributed by atoms with Gasteiger partial charge in [-0.2, -0.15) is 0 Å². The van der Waals surface area contributed by atoms with Gasteiger partial charge in [0.05, 0.1) is 5.60 Å². The quantitative estimate of drug-likeness (QED) is 0.838. The molecule has 0 spiro atoms. The molecular weight excluding hydrogens is 270 g/mol. The lowest BCUT2D eigenvalue weighted by Crippen LogP contribution is -2.47. The Labute approximate surface area is 125 Å². The summed E-state index contributed by atoms with van der Waals surface area (Å²) in [7, 11) is 0. The Bertz CT molecular complexity index is 474. The first-order valence-electron chi connectivity index (χ1n) is 7.39. The zero-order valence-corrected chi connectivity index (χ0v) is 12.4. The highest BCUT2D eigenvalue weighted by atomic mass is 16.5. The molecule has 0 aromatic heterocycles. The van der Waals surface area contributed by atoms with Gasteiger partial charge in [0, 0.05) is 13.1 Å². The minimum atomic E-state index is -0.980. The Kier molecular flexibility index (Phi) is 5.20. The number of benzene rings is 1. The van der Waals surface area contributed by atoms with Gasteiger partial charge >= 0.3 is 5.97 Å². The first kappa shape index (κ1) is 15.8. The van der Waals surface area contributed by atoms with Gasteiger partial charge in [-0.15, -0.1) is 0 Å². The summed E-state index contributed by atoms with van der Waals surface area (Å²) in [5, 5.41) is 18.9. The Balaban J connectivity index is 1.89. The molecule has 1 fully saturated rings. The van der Waals surface area contributed by atoms with Gasteiger partial charge in [-0.05, 0) is 43.5 Å². The predicted molar refractivity (Wildman–Crippen MR) is 79.3 cm³/mol. The molecule has 0 unspecified atom stereocenters.